The van der Waals surface area contributed by atoms with Crippen LogP contribution in [0.5, 0.6) is 17.4 Å². The van der Waals surface area contributed by atoms with Gasteiger partial charge in [-0.3, -0.25) is 0 Å². The molecular weight excluding hydrogens is 388 g/mol. The number of fused-ring (bicyclic) bond motifs is 3. The third-order valence-electron chi connectivity index (χ3n) is 4.09. The van der Waals surface area contributed by atoms with E-state index in [1.807, 2.05) is 30.5 Å². The highest BCUT2D eigenvalue weighted by molar-refractivity contribution is 7.98. The highest BCUT2D eigenvalue weighted by atomic mass is 35.5. The van der Waals surface area contributed by atoms with Crippen molar-refractivity contribution in [2.75, 3.05) is 18.7 Å². The fourth-order valence-corrected chi connectivity index (χ4v) is 3.30. The standard InChI is InChI=1S/C18H15ClN4O3S/c1-25-13-8-9(7-11(19)15(13)24)16-20-12-6-4-3-5-10(12)14-17(26-16)21-18(27-2)23-22-14/h3-8,16,20,24H,1-2H3/t16-/m1/s1. The summed E-state index contributed by atoms with van der Waals surface area (Å²) in [5.74, 6) is 0.497. The Balaban J connectivity index is 1.86. The molecule has 2 aromatic carbocycles. The van der Waals surface area contributed by atoms with E-state index >= 15 is 0 Å². The van der Waals surface area contributed by atoms with Gasteiger partial charge in [0.2, 0.25) is 11.0 Å². The number of phenols is 1. The molecule has 0 bridgehead atoms. The van der Waals surface area contributed by atoms with Crippen LogP contribution in [0.2, 0.25) is 5.02 Å². The maximum absolute atomic E-state index is 10.0. The molecule has 9 heteroatoms. The molecular formula is C18H15ClN4O3S. The predicted octanol–water partition coefficient (Wildman–Crippen LogP) is 4.13. The lowest BCUT2D eigenvalue weighted by Crippen LogP contribution is -2.17. The van der Waals surface area contributed by atoms with Gasteiger partial charge in [0.05, 0.1) is 12.1 Å². The Bertz CT molecular complexity index is 1020. The first-order valence-electron chi connectivity index (χ1n) is 7.98. The van der Waals surface area contributed by atoms with Crippen molar-refractivity contribution in [3.8, 4) is 28.6 Å². The molecule has 0 fully saturated rings. The molecule has 4 rings (SSSR count). The maximum atomic E-state index is 10.0. The zero-order chi connectivity index (χ0) is 19.0. The minimum Gasteiger partial charge on any atom is -0.503 e. The molecule has 138 valence electrons. The molecule has 0 spiro atoms. The zero-order valence-corrected chi connectivity index (χ0v) is 16.0. The average Bonchev–Trinajstić information content (AvgIpc) is 2.86. The minimum absolute atomic E-state index is 0.119. The monoisotopic (exact) mass is 402 g/mol. The average molecular weight is 403 g/mol. The Morgan fingerprint density at radius 2 is 2.07 bits per heavy atom. The topological polar surface area (TPSA) is 89.4 Å². The van der Waals surface area contributed by atoms with Crippen LogP contribution in [-0.4, -0.2) is 33.7 Å². The number of rotatable bonds is 3. The largest absolute Gasteiger partial charge is 0.503 e. The van der Waals surface area contributed by atoms with Crippen LogP contribution in [0.1, 0.15) is 11.8 Å². The SMILES string of the molecule is COc1cc([C@@H]2Nc3ccccc3-c3nnc(SC)nc3O2)cc(Cl)c1O. The van der Waals surface area contributed by atoms with Gasteiger partial charge >= 0.3 is 0 Å². The van der Waals surface area contributed by atoms with Crippen molar-refractivity contribution in [2.24, 2.45) is 0 Å². The van der Waals surface area contributed by atoms with Crippen molar-refractivity contribution in [2.45, 2.75) is 11.4 Å². The highest BCUT2D eigenvalue weighted by Gasteiger charge is 2.27. The zero-order valence-electron chi connectivity index (χ0n) is 14.4. The quantitative estimate of drug-likeness (QED) is 0.632. The molecule has 7 nitrogen and oxygen atoms in total. The van der Waals surface area contributed by atoms with Gasteiger partial charge < -0.3 is 19.9 Å². The Hall–Kier alpha value is -2.71. The molecule has 0 aliphatic carbocycles. The summed E-state index contributed by atoms with van der Waals surface area (Å²) in [4.78, 5) is 4.46. The number of thioether (sulfide) groups is 1. The van der Waals surface area contributed by atoms with Crippen LogP contribution in [0.15, 0.2) is 41.6 Å². The number of ether oxygens (including phenoxy) is 2. The summed E-state index contributed by atoms with van der Waals surface area (Å²) in [6.45, 7) is 0. The smallest absolute Gasteiger partial charge is 0.247 e. The van der Waals surface area contributed by atoms with E-state index in [2.05, 4.69) is 20.5 Å². The molecule has 3 aromatic rings. The van der Waals surface area contributed by atoms with Crippen LogP contribution in [0.4, 0.5) is 5.69 Å². The number of aromatic nitrogens is 3. The lowest BCUT2D eigenvalue weighted by molar-refractivity contribution is 0.224. The molecule has 1 atom stereocenters. The number of nitrogens with zero attached hydrogens (tertiary/aromatic N) is 3. The Morgan fingerprint density at radius 1 is 1.26 bits per heavy atom. The molecule has 0 unspecified atom stereocenters. The molecule has 2 heterocycles. The number of hydrogen-bond donors (Lipinski definition) is 2. The molecule has 2 N–H and O–H groups in total. The van der Waals surface area contributed by atoms with Crippen molar-refractivity contribution < 1.29 is 14.6 Å². The Morgan fingerprint density at radius 3 is 2.85 bits per heavy atom. The normalized spacial score (nSPS) is 15.0. The van der Waals surface area contributed by atoms with Crippen molar-refractivity contribution >= 4 is 29.1 Å². The van der Waals surface area contributed by atoms with Gasteiger partial charge in [0.1, 0.15) is 0 Å². The number of aromatic hydroxyl groups is 1. The van der Waals surface area contributed by atoms with Gasteiger partial charge in [-0.2, -0.15) is 4.98 Å². The van der Waals surface area contributed by atoms with Crippen molar-refractivity contribution in [3.05, 3.63) is 47.0 Å². The lowest BCUT2D eigenvalue weighted by Gasteiger charge is -2.20. The summed E-state index contributed by atoms with van der Waals surface area (Å²) in [5, 5.41) is 22.4. The second kappa shape index (κ2) is 7.13. The van der Waals surface area contributed by atoms with E-state index in [1.165, 1.54) is 18.9 Å². The van der Waals surface area contributed by atoms with Crippen LogP contribution >= 0.6 is 23.4 Å². The van der Waals surface area contributed by atoms with Crippen LogP contribution in [-0.2, 0) is 0 Å². The summed E-state index contributed by atoms with van der Waals surface area (Å²) in [6.07, 6.45) is 1.25. The number of anilines is 1. The molecule has 1 aromatic heterocycles. The maximum Gasteiger partial charge on any atom is 0.247 e. The van der Waals surface area contributed by atoms with Gasteiger partial charge in [-0.15, -0.1) is 10.2 Å². The van der Waals surface area contributed by atoms with Crippen molar-refractivity contribution in [1.29, 1.82) is 0 Å². The Kier molecular flexibility index (Phi) is 4.67. The highest BCUT2D eigenvalue weighted by Crippen LogP contribution is 2.42. The second-order valence-electron chi connectivity index (χ2n) is 5.69. The molecule has 0 amide bonds. The molecule has 1 aliphatic heterocycles. The van der Waals surface area contributed by atoms with Gasteiger partial charge in [0.25, 0.3) is 0 Å². The van der Waals surface area contributed by atoms with Gasteiger partial charge in [-0.05, 0) is 24.5 Å². The fourth-order valence-electron chi connectivity index (χ4n) is 2.79. The number of hydrogen-bond acceptors (Lipinski definition) is 8. The summed E-state index contributed by atoms with van der Waals surface area (Å²) in [6, 6.07) is 11.0. The lowest BCUT2D eigenvalue weighted by atomic mass is 10.1. The summed E-state index contributed by atoms with van der Waals surface area (Å²) < 4.78 is 11.3. The minimum atomic E-state index is -0.620. The molecule has 1 aliphatic rings. The summed E-state index contributed by atoms with van der Waals surface area (Å²) in [5.41, 5.74) is 2.87. The first kappa shape index (κ1) is 17.7. The number of benzene rings is 2. The van der Waals surface area contributed by atoms with Gasteiger partial charge in [-0.25, -0.2) is 0 Å². The third-order valence-corrected chi connectivity index (χ3v) is 4.92. The first-order valence-corrected chi connectivity index (χ1v) is 9.58. The predicted molar refractivity (Wildman–Crippen MR) is 104 cm³/mol. The third kappa shape index (κ3) is 3.22. The van der Waals surface area contributed by atoms with Gasteiger partial charge in [0, 0.05) is 16.8 Å². The molecule has 0 radical (unpaired) electrons. The number of nitrogens with one attached hydrogen (secondary N) is 1. The van der Waals surface area contributed by atoms with Crippen LogP contribution in [0.25, 0.3) is 11.3 Å². The van der Waals surface area contributed by atoms with Gasteiger partial charge in [-0.1, -0.05) is 41.6 Å². The number of methoxy groups -OCH3 is 1. The fraction of sp³-hybridized carbons (Fsp3) is 0.167. The molecule has 0 saturated heterocycles. The molecule has 27 heavy (non-hydrogen) atoms. The van der Waals surface area contributed by atoms with Crippen LogP contribution < -0.4 is 14.8 Å². The second-order valence-corrected chi connectivity index (χ2v) is 6.87. The van der Waals surface area contributed by atoms with Crippen molar-refractivity contribution in [3.63, 3.8) is 0 Å². The molecule has 0 saturated carbocycles. The Labute approximate surface area is 164 Å². The van der Waals surface area contributed by atoms with Crippen molar-refractivity contribution in [1.82, 2.24) is 15.2 Å². The van der Waals surface area contributed by atoms with E-state index in [0.29, 0.717) is 22.3 Å². The van der Waals surface area contributed by atoms with E-state index < -0.39 is 6.23 Å². The van der Waals surface area contributed by atoms with E-state index in [1.54, 1.807) is 12.1 Å². The number of halogens is 1. The van der Waals surface area contributed by atoms with E-state index in [9.17, 15) is 5.11 Å². The number of phenolic OH excluding ortho intramolecular Hbond substituents is 1. The van der Waals surface area contributed by atoms with Crippen LogP contribution in [0, 0.1) is 0 Å². The van der Waals surface area contributed by atoms with E-state index in [-0.39, 0.29) is 16.5 Å². The van der Waals surface area contributed by atoms with E-state index in [4.69, 9.17) is 21.1 Å². The summed E-state index contributed by atoms with van der Waals surface area (Å²) >= 11 is 7.53. The summed E-state index contributed by atoms with van der Waals surface area (Å²) in [7, 11) is 1.46. The van der Waals surface area contributed by atoms with E-state index in [0.717, 1.165) is 11.3 Å². The van der Waals surface area contributed by atoms with Crippen LogP contribution in [0.3, 0.4) is 0 Å². The number of para-hydroxylation sites is 1. The van der Waals surface area contributed by atoms with Gasteiger partial charge in [0.15, 0.2) is 23.4 Å². The first-order chi connectivity index (χ1) is 13.1.